The minimum atomic E-state index is -0.909. The molecule has 7 rings (SSSR count). The molecular weight excluding hydrogens is 442 g/mol. The molecule has 36 heavy (non-hydrogen) atoms. The van der Waals surface area contributed by atoms with Crippen LogP contribution in [0.5, 0.6) is 0 Å². The highest BCUT2D eigenvalue weighted by Crippen LogP contribution is 2.38. The normalized spacial score (nSPS) is 12.0. The molecular formula is C33H24NO2+. The zero-order valence-electron chi connectivity index (χ0n) is 20.4. The Kier molecular flexibility index (Phi) is 4.20. The van der Waals surface area contributed by atoms with Gasteiger partial charge in [0.2, 0.25) is 16.6 Å². The lowest BCUT2D eigenvalue weighted by Crippen LogP contribution is -2.26. The van der Waals surface area contributed by atoms with E-state index in [4.69, 9.17) is 0 Å². The summed E-state index contributed by atoms with van der Waals surface area (Å²) in [5, 5.41) is 16.3. The highest BCUT2D eigenvalue weighted by molar-refractivity contribution is 6.22. The number of carboxylic acid groups (broad SMARTS) is 1. The van der Waals surface area contributed by atoms with E-state index in [0.29, 0.717) is 5.56 Å². The van der Waals surface area contributed by atoms with Crippen molar-refractivity contribution in [1.29, 1.82) is 0 Å². The lowest BCUT2D eigenvalue weighted by molar-refractivity contribution is -0.448. The lowest BCUT2D eigenvalue weighted by Gasteiger charge is -2.14. The van der Waals surface area contributed by atoms with Crippen LogP contribution in [-0.4, -0.2) is 11.1 Å². The van der Waals surface area contributed by atoms with Gasteiger partial charge in [-0.05, 0) is 56.2 Å². The average molecular weight is 467 g/mol. The number of rotatable bonds is 2. The number of carbonyl (C=O) groups is 1. The Morgan fingerprint density at radius 2 is 1.06 bits per heavy atom. The molecule has 0 spiro atoms. The fraction of sp³-hybridized carbons (Fsp3) is 0.0909. The largest absolute Gasteiger partial charge is 0.478 e. The van der Waals surface area contributed by atoms with Gasteiger partial charge in [0.05, 0.1) is 27.1 Å². The minimum Gasteiger partial charge on any atom is -0.478 e. The van der Waals surface area contributed by atoms with E-state index < -0.39 is 5.97 Å². The summed E-state index contributed by atoms with van der Waals surface area (Å²) in [6, 6.07) is 29.9. The van der Waals surface area contributed by atoms with Crippen molar-refractivity contribution >= 4 is 54.8 Å². The molecule has 0 aliphatic heterocycles. The van der Waals surface area contributed by atoms with Crippen molar-refractivity contribution in [2.24, 2.45) is 0 Å². The van der Waals surface area contributed by atoms with Crippen molar-refractivity contribution in [1.82, 2.24) is 0 Å². The van der Waals surface area contributed by atoms with E-state index in [1.165, 1.54) is 16.7 Å². The molecule has 0 aliphatic rings. The number of nitrogens with zero attached hydrogens (tertiary/aromatic N) is 1. The molecule has 3 aromatic heterocycles. The molecule has 3 heteroatoms. The average Bonchev–Trinajstić information content (AvgIpc) is 2.87. The summed E-state index contributed by atoms with van der Waals surface area (Å²) in [5.74, 6) is -0.909. The van der Waals surface area contributed by atoms with Crippen molar-refractivity contribution in [3.05, 3.63) is 107 Å². The van der Waals surface area contributed by atoms with Gasteiger partial charge < -0.3 is 5.11 Å². The van der Waals surface area contributed by atoms with Crippen LogP contribution in [0.25, 0.3) is 60.0 Å². The number of aryl methyl sites for hydroxylation is 3. The van der Waals surface area contributed by atoms with Gasteiger partial charge in [0.25, 0.3) is 0 Å². The molecule has 0 unspecified atom stereocenters. The SMILES string of the molecule is Cc1ccc(-c2cc3c4ccc(C)cc4c4cc(C(=O)O)cc5c6cc(C)ccc6c(c2)[n+]3c45)cc1. The third kappa shape index (κ3) is 2.86. The number of hydrogen-bond acceptors (Lipinski definition) is 1. The summed E-state index contributed by atoms with van der Waals surface area (Å²) in [5.41, 5.74) is 9.52. The zero-order chi connectivity index (χ0) is 24.7. The lowest BCUT2D eigenvalue weighted by atomic mass is 9.92. The summed E-state index contributed by atoms with van der Waals surface area (Å²) in [6.07, 6.45) is 0. The number of fused-ring (bicyclic) bond motifs is 6. The third-order valence-electron chi connectivity index (χ3n) is 7.51. The predicted molar refractivity (Wildman–Crippen MR) is 147 cm³/mol. The number of benzene rings is 4. The fourth-order valence-corrected chi connectivity index (χ4v) is 5.76. The molecule has 3 nitrogen and oxygen atoms in total. The van der Waals surface area contributed by atoms with Gasteiger partial charge in [-0.3, -0.25) is 0 Å². The van der Waals surface area contributed by atoms with Gasteiger partial charge in [-0.15, -0.1) is 0 Å². The first kappa shape index (κ1) is 20.8. The number of hydrogen-bond donors (Lipinski definition) is 1. The van der Waals surface area contributed by atoms with E-state index in [-0.39, 0.29) is 0 Å². The second kappa shape index (κ2) is 7.25. The predicted octanol–water partition coefficient (Wildman–Crippen LogP) is 7.77. The van der Waals surface area contributed by atoms with E-state index in [9.17, 15) is 9.90 Å². The van der Waals surface area contributed by atoms with Crippen LogP contribution in [0.1, 0.15) is 27.0 Å². The summed E-state index contributed by atoms with van der Waals surface area (Å²) in [6.45, 7) is 6.28. The standard InChI is InChI=1S/C33H23NO2/c1-18-4-8-21(9-5-18)22-16-30-24-10-6-19(2)12-26(24)28-14-23(33(35)36)15-29-27-13-20(3)7-11-25(27)31(17-22)34(30)32(28)29/h4-17H,1-3H3/p+1. The van der Waals surface area contributed by atoms with Crippen LogP contribution in [0.4, 0.5) is 0 Å². The second-order valence-corrected chi connectivity index (χ2v) is 10.0. The monoisotopic (exact) mass is 466 g/mol. The van der Waals surface area contributed by atoms with Crippen LogP contribution in [-0.2, 0) is 0 Å². The maximum absolute atomic E-state index is 12.2. The molecule has 0 saturated carbocycles. The van der Waals surface area contributed by atoms with Gasteiger partial charge in [-0.2, -0.15) is 4.40 Å². The Hall–Kier alpha value is -4.50. The number of pyridine rings is 3. The van der Waals surface area contributed by atoms with Gasteiger partial charge in [0.15, 0.2) is 0 Å². The molecule has 0 atom stereocenters. The quantitative estimate of drug-likeness (QED) is 0.161. The Bertz CT molecular complexity index is 1920. The van der Waals surface area contributed by atoms with Gasteiger partial charge in [0, 0.05) is 22.9 Å². The summed E-state index contributed by atoms with van der Waals surface area (Å²) >= 11 is 0. The number of aromatic carboxylic acids is 1. The molecule has 1 N–H and O–H groups in total. The van der Waals surface area contributed by atoms with Crippen molar-refractivity contribution in [2.75, 3.05) is 0 Å². The van der Waals surface area contributed by atoms with Crippen molar-refractivity contribution < 1.29 is 14.3 Å². The fourth-order valence-electron chi connectivity index (χ4n) is 5.76. The first-order valence-electron chi connectivity index (χ1n) is 12.2. The van der Waals surface area contributed by atoms with E-state index in [1.54, 1.807) is 0 Å². The van der Waals surface area contributed by atoms with Gasteiger partial charge in [0.1, 0.15) is 0 Å². The van der Waals surface area contributed by atoms with Crippen LogP contribution in [0.2, 0.25) is 0 Å². The Morgan fingerprint density at radius 3 is 1.56 bits per heavy atom. The molecule has 3 heterocycles. The first-order valence-corrected chi connectivity index (χ1v) is 12.2. The first-order chi connectivity index (χ1) is 17.4. The number of aromatic nitrogens is 1. The Balaban J connectivity index is 1.82. The third-order valence-corrected chi connectivity index (χ3v) is 7.51. The second-order valence-electron chi connectivity index (χ2n) is 10.0. The zero-order valence-corrected chi connectivity index (χ0v) is 20.4. The molecule has 7 aromatic rings. The maximum atomic E-state index is 12.2. The van der Waals surface area contributed by atoms with Crippen molar-refractivity contribution in [3.63, 3.8) is 0 Å². The van der Waals surface area contributed by atoms with E-state index >= 15 is 0 Å². The van der Waals surface area contributed by atoms with E-state index in [2.05, 4.69) is 98.0 Å². The smallest absolute Gasteiger partial charge is 0.335 e. The molecule has 0 radical (unpaired) electrons. The summed E-state index contributed by atoms with van der Waals surface area (Å²) < 4.78 is 2.34. The summed E-state index contributed by atoms with van der Waals surface area (Å²) in [7, 11) is 0. The highest BCUT2D eigenvalue weighted by atomic mass is 16.4. The van der Waals surface area contributed by atoms with Crippen molar-refractivity contribution in [2.45, 2.75) is 20.8 Å². The van der Waals surface area contributed by atoms with Crippen LogP contribution < -0.4 is 4.40 Å². The van der Waals surface area contributed by atoms with Gasteiger partial charge in [-0.25, -0.2) is 4.79 Å². The molecule has 0 aliphatic carbocycles. The molecule has 0 saturated heterocycles. The van der Waals surface area contributed by atoms with Crippen LogP contribution in [0.15, 0.2) is 84.9 Å². The highest BCUT2D eigenvalue weighted by Gasteiger charge is 2.27. The molecule has 4 aromatic carbocycles. The Labute approximate surface area is 208 Å². The molecule has 0 fully saturated rings. The topological polar surface area (TPSA) is 41.4 Å². The minimum absolute atomic E-state index is 0.312. The van der Waals surface area contributed by atoms with Crippen molar-refractivity contribution in [3.8, 4) is 11.1 Å². The summed E-state index contributed by atoms with van der Waals surface area (Å²) in [4.78, 5) is 12.2. The number of carboxylic acids is 1. The molecule has 0 amide bonds. The van der Waals surface area contributed by atoms with Crippen LogP contribution in [0.3, 0.4) is 0 Å². The van der Waals surface area contributed by atoms with E-state index in [0.717, 1.165) is 60.0 Å². The maximum Gasteiger partial charge on any atom is 0.335 e. The van der Waals surface area contributed by atoms with Gasteiger partial charge in [-0.1, -0.05) is 65.2 Å². The molecule has 0 bridgehead atoms. The van der Waals surface area contributed by atoms with Crippen LogP contribution >= 0.6 is 0 Å². The Morgan fingerprint density at radius 1 is 0.556 bits per heavy atom. The van der Waals surface area contributed by atoms with Crippen LogP contribution in [0, 0.1) is 20.8 Å². The van der Waals surface area contributed by atoms with E-state index in [1.807, 2.05) is 12.1 Å². The van der Waals surface area contributed by atoms with Gasteiger partial charge >= 0.3 is 5.97 Å². The molecule has 172 valence electrons.